The molecule has 0 spiro atoms. The van der Waals surface area contributed by atoms with Gasteiger partial charge in [-0.05, 0) is 37.8 Å². The van der Waals surface area contributed by atoms with Crippen LogP contribution in [0.4, 0.5) is 0 Å². The van der Waals surface area contributed by atoms with Crippen molar-refractivity contribution in [3.63, 3.8) is 0 Å². The minimum Gasteiger partial charge on any atom is -0.378 e. The van der Waals surface area contributed by atoms with Crippen molar-refractivity contribution in [2.24, 2.45) is 0 Å². The third-order valence-electron chi connectivity index (χ3n) is 5.06. The van der Waals surface area contributed by atoms with Gasteiger partial charge in [0.25, 0.3) is 0 Å². The van der Waals surface area contributed by atoms with E-state index in [1.54, 1.807) is 18.4 Å². The summed E-state index contributed by atoms with van der Waals surface area (Å²) < 4.78 is 5.14. The zero-order valence-electron chi connectivity index (χ0n) is 15.1. The second kappa shape index (κ2) is 7.21. The second-order valence-electron chi connectivity index (χ2n) is 6.77. The van der Waals surface area contributed by atoms with Crippen LogP contribution in [0.5, 0.6) is 0 Å². The Bertz CT molecular complexity index is 944. The van der Waals surface area contributed by atoms with Gasteiger partial charge in [-0.1, -0.05) is 18.2 Å². The number of para-hydroxylation sites is 1. The molecule has 3 aromatic rings. The summed E-state index contributed by atoms with van der Waals surface area (Å²) in [6.45, 7) is 3.02. The number of thiazole rings is 1. The monoisotopic (exact) mass is 369 g/mol. The first-order valence-corrected chi connectivity index (χ1v) is 9.80. The van der Waals surface area contributed by atoms with Crippen LogP contribution in [-0.4, -0.2) is 23.0 Å². The van der Waals surface area contributed by atoms with E-state index in [1.165, 1.54) is 10.9 Å². The fourth-order valence-electron chi connectivity index (χ4n) is 3.81. The average molecular weight is 369 g/mol. The Morgan fingerprint density at radius 1 is 1.42 bits per heavy atom. The molecule has 1 amide bonds. The highest BCUT2D eigenvalue weighted by molar-refractivity contribution is 7.11. The van der Waals surface area contributed by atoms with Crippen molar-refractivity contribution in [1.82, 2.24) is 15.3 Å². The molecule has 1 aliphatic carbocycles. The van der Waals surface area contributed by atoms with Gasteiger partial charge in [-0.3, -0.25) is 4.79 Å². The van der Waals surface area contributed by atoms with Gasteiger partial charge in [0.2, 0.25) is 5.91 Å². The Balaban J connectivity index is 1.51. The highest BCUT2D eigenvalue weighted by atomic mass is 32.1. The van der Waals surface area contributed by atoms with Crippen molar-refractivity contribution in [2.45, 2.75) is 45.3 Å². The van der Waals surface area contributed by atoms with Crippen LogP contribution in [0.2, 0.25) is 0 Å². The Kier molecular flexibility index (Phi) is 4.78. The molecule has 0 fully saturated rings. The van der Waals surface area contributed by atoms with Gasteiger partial charge in [0, 0.05) is 28.6 Å². The number of aryl methyl sites for hydroxylation is 2. The molecule has 1 aromatic carbocycles. The van der Waals surface area contributed by atoms with Crippen LogP contribution in [-0.2, 0) is 29.1 Å². The molecule has 0 unspecified atom stereocenters. The predicted molar refractivity (Wildman–Crippen MR) is 103 cm³/mol. The summed E-state index contributed by atoms with van der Waals surface area (Å²) in [5.41, 5.74) is 4.50. The largest absolute Gasteiger partial charge is 0.378 e. The lowest BCUT2D eigenvalue weighted by Gasteiger charge is -2.22. The van der Waals surface area contributed by atoms with Gasteiger partial charge in [0.05, 0.1) is 24.8 Å². The fourth-order valence-corrected chi connectivity index (χ4v) is 4.79. The van der Waals surface area contributed by atoms with E-state index in [0.29, 0.717) is 13.2 Å². The van der Waals surface area contributed by atoms with Crippen LogP contribution < -0.4 is 5.32 Å². The van der Waals surface area contributed by atoms with Crippen LogP contribution in [0.25, 0.3) is 10.9 Å². The molecule has 2 N–H and O–H groups in total. The number of aromatic nitrogens is 2. The molecule has 136 valence electrons. The molecular weight excluding hydrogens is 346 g/mol. The molecular formula is C20H23N3O2S. The van der Waals surface area contributed by atoms with Gasteiger partial charge < -0.3 is 15.0 Å². The molecule has 0 bridgehead atoms. The molecule has 6 heteroatoms. The highest BCUT2D eigenvalue weighted by Crippen LogP contribution is 2.36. The van der Waals surface area contributed by atoms with Crippen molar-refractivity contribution >= 4 is 28.1 Å². The molecule has 2 heterocycles. The van der Waals surface area contributed by atoms with Crippen LogP contribution in [0.15, 0.2) is 24.3 Å². The molecule has 1 aliphatic rings. The number of benzene rings is 1. The number of amides is 1. The van der Waals surface area contributed by atoms with Crippen LogP contribution >= 0.6 is 11.3 Å². The summed E-state index contributed by atoms with van der Waals surface area (Å²) >= 11 is 1.60. The van der Waals surface area contributed by atoms with E-state index in [0.717, 1.165) is 46.1 Å². The Morgan fingerprint density at radius 2 is 2.27 bits per heavy atom. The van der Waals surface area contributed by atoms with Gasteiger partial charge >= 0.3 is 0 Å². The number of ether oxygens (including phenoxy) is 1. The van der Waals surface area contributed by atoms with E-state index in [2.05, 4.69) is 33.5 Å². The summed E-state index contributed by atoms with van der Waals surface area (Å²) in [7, 11) is 1.67. The van der Waals surface area contributed by atoms with E-state index in [-0.39, 0.29) is 11.8 Å². The van der Waals surface area contributed by atoms with Crippen molar-refractivity contribution in [3.8, 4) is 0 Å². The number of fused-ring (bicyclic) bond motifs is 3. The average Bonchev–Trinajstić information content (AvgIpc) is 3.20. The summed E-state index contributed by atoms with van der Waals surface area (Å²) in [4.78, 5) is 22.0. The second-order valence-corrected chi connectivity index (χ2v) is 7.94. The molecule has 0 saturated heterocycles. The first-order chi connectivity index (χ1) is 12.7. The lowest BCUT2D eigenvalue weighted by Crippen LogP contribution is -2.31. The quantitative estimate of drug-likeness (QED) is 0.718. The zero-order valence-corrected chi connectivity index (χ0v) is 15.9. The van der Waals surface area contributed by atoms with Gasteiger partial charge in [-0.15, -0.1) is 11.3 Å². The standard InChI is InChI=1S/C20H23N3O2S/c1-12-17(26-18(22-12)11-25-2)10-21-20(24)15-8-5-7-14-13-6-3-4-9-16(13)23-19(14)15/h3-4,6,9,15,23H,5,7-8,10-11H2,1-2H3,(H,21,24)/t15-/m0/s1. The smallest absolute Gasteiger partial charge is 0.229 e. The van der Waals surface area contributed by atoms with E-state index in [9.17, 15) is 4.79 Å². The number of methoxy groups -OCH3 is 1. The predicted octanol–water partition coefficient (Wildman–Crippen LogP) is 3.82. The van der Waals surface area contributed by atoms with E-state index >= 15 is 0 Å². The number of rotatable bonds is 5. The lowest BCUT2D eigenvalue weighted by molar-refractivity contribution is -0.123. The number of nitrogens with one attached hydrogen (secondary N) is 2. The minimum atomic E-state index is -0.0992. The van der Waals surface area contributed by atoms with Crippen LogP contribution in [0.1, 0.15) is 45.6 Å². The van der Waals surface area contributed by atoms with E-state index < -0.39 is 0 Å². The molecule has 0 saturated carbocycles. The Hall–Kier alpha value is -2.18. The van der Waals surface area contributed by atoms with Gasteiger partial charge in [-0.2, -0.15) is 0 Å². The molecule has 5 nitrogen and oxygen atoms in total. The van der Waals surface area contributed by atoms with Crippen molar-refractivity contribution in [2.75, 3.05) is 7.11 Å². The number of carbonyl (C=O) groups excluding carboxylic acids is 1. The topological polar surface area (TPSA) is 67.0 Å². The number of aromatic amines is 1. The minimum absolute atomic E-state index is 0.0959. The van der Waals surface area contributed by atoms with Crippen molar-refractivity contribution < 1.29 is 9.53 Å². The molecule has 4 rings (SSSR count). The fraction of sp³-hybridized carbons (Fsp3) is 0.400. The maximum absolute atomic E-state index is 12.9. The van der Waals surface area contributed by atoms with Crippen molar-refractivity contribution in [1.29, 1.82) is 0 Å². The Labute approximate surface area is 156 Å². The summed E-state index contributed by atoms with van der Waals surface area (Å²) in [6, 6.07) is 8.32. The van der Waals surface area contributed by atoms with Gasteiger partial charge in [-0.25, -0.2) is 4.98 Å². The third kappa shape index (κ3) is 3.15. The van der Waals surface area contributed by atoms with Gasteiger partial charge in [0.15, 0.2) is 0 Å². The number of hydrogen-bond donors (Lipinski definition) is 2. The van der Waals surface area contributed by atoms with E-state index in [1.807, 2.05) is 13.0 Å². The maximum atomic E-state index is 12.9. The molecule has 26 heavy (non-hydrogen) atoms. The van der Waals surface area contributed by atoms with Crippen LogP contribution in [0.3, 0.4) is 0 Å². The van der Waals surface area contributed by atoms with Gasteiger partial charge in [0.1, 0.15) is 5.01 Å². The number of nitrogens with zero attached hydrogens (tertiary/aromatic N) is 1. The zero-order chi connectivity index (χ0) is 18.1. The third-order valence-corrected chi connectivity index (χ3v) is 6.19. The molecule has 1 atom stereocenters. The number of hydrogen-bond acceptors (Lipinski definition) is 4. The lowest BCUT2D eigenvalue weighted by atomic mass is 9.86. The SMILES string of the molecule is COCc1nc(C)c(CNC(=O)[C@H]2CCCc3c2[nH]c2ccccc32)s1. The Morgan fingerprint density at radius 3 is 3.12 bits per heavy atom. The highest BCUT2D eigenvalue weighted by Gasteiger charge is 2.29. The summed E-state index contributed by atoms with van der Waals surface area (Å²) in [5, 5.41) is 5.32. The van der Waals surface area contributed by atoms with E-state index in [4.69, 9.17) is 4.74 Å². The first kappa shape index (κ1) is 17.2. The molecule has 2 aromatic heterocycles. The van der Waals surface area contributed by atoms with Crippen molar-refractivity contribution in [3.05, 3.63) is 51.1 Å². The summed E-state index contributed by atoms with van der Waals surface area (Å²) in [6.07, 6.45) is 2.98. The number of carbonyl (C=O) groups is 1. The maximum Gasteiger partial charge on any atom is 0.229 e. The molecule has 0 radical (unpaired) electrons. The summed E-state index contributed by atoms with van der Waals surface area (Å²) in [5.74, 6) is -0.00331. The molecule has 0 aliphatic heterocycles. The first-order valence-electron chi connectivity index (χ1n) is 8.98. The normalized spacial score (nSPS) is 16.6. The van der Waals surface area contributed by atoms with Crippen LogP contribution in [0, 0.1) is 6.92 Å². The number of H-pyrrole nitrogens is 1.